The first-order chi connectivity index (χ1) is 19.3. The smallest absolute Gasteiger partial charge is 0.347 e. The maximum Gasteiger partial charge on any atom is 0.471 e. The fourth-order valence-electron chi connectivity index (χ4n) is 5.27. The van der Waals surface area contributed by atoms with E-state index < -0.39 is 17.9 Å². The minimum Gasteiger partial charge on any atom is -0.347 e. The van der Waals surface area contributed by atoms with Crippen molar-refractivity contribution >= 4 is 16.8 Å². The second kappa shape index (κ2) is 12.2. The molecular formula is C31H31F4N3O2. The van der Waals surface area contributed by atoms with E-state index in [1.807, 2.05) is 28.6 Å². The van der Waals surface area contributed by atoms with Crippen molar-refractivity contribution in [3.8, 4) is 0 Å². The number of carbonyl (C=O) groups excluding carboxylic acids is 1. The number of alkyl halides is 3. The van der Waals surface area contributed by atoms with Gasteiger partial charge in [0.25, 0.3) is 0 Å². The zero-order chi connectivity index (χ0) is 28.1. The Hall–Kier alpha value is -3.69. The zero-order valence-electron chi connectivity index (χ0n) is 22.0. The van der Waals surface area contributed by atoms with E-state index in [9.17, 15) is 22.4 Å². The number of nitrogens with zero attached hydrogens (tertiary/aromatic N) is 2. The van der Waals surface area contributed by atoms with Gasteiger partial charge >= 0.3 is 12.1 Å². The van der Waals surface area contributed by atoms with Crippen LogP contribution in [0.2, 0.25) is 0 Å². The quantitative estimate of drug-likeness (QED) is 0.240. The number of aromatic nitrogens is 1. The van der Waals surface area contributed by atoms with Gasteiger partial charge in [-0.15, -0.1) is 0 Å². The Morgan fingerprint density at radius 2 is 1.68 bits per heavy atom. The fourth-order valence-corrected chi connectivity index (χ4v) is 5.27. The highest BCUT2D eigenvalue weighted by Crippen LogP contribution is 2.31. The number of hydroxylamine groups is 2. The molecule has 1 saturated heterocycles. The first kappa shape index (κ1) is 27.9. The highest BCUT2D eigenvalue weighted by atomic mass is 19.4. The van der Waals surface area contributed by atoms with Crippen molar-refractivity contribution in [2.75, 3.05) is 13.1 Å². The first-order valence-electron chi connectivity index (χ1n) is 13.4. The molecule has 0 aliphatic carbocycles. The van der Waals surface area contributed by atoms with E-state index in [2.05, 4.69) is 47.2 Å². The van der Waals surface area contributed by atoms with E-state index in [4.69, 9.17) is 4.84 Å². The molecule has 0 saturated carbocycles. The number of halogens is 4. The Labute approximate surface area is 230 Å². The van der Waals surface area contributed by atoms with Gasteiger partial charge in [-0.3, -0.25) is 9.63 Å². The molecule has 0 atom stereocenters. The molecule has 2 heterocycles. The van der Waals surface area contributed by atoms with Crippen molar-refractivity contribution in [3.05, 3.63) is 107 Å². The number of rotatable bonds is 9. The molecule has 0 bridgehead atoms. The topological polar surface area (TPSA) is 46.5 Å². The van der Waals surface area contributed by atoms with Crippen molar-refractivity contribution in [2.45, 2.75) is 51.1 Å². The molecule has 1 fully saturated rings. The number of para-hydroxylation sites is 1. The lowest BCUT2D eigenvalue weighted by molar-refractivity contribution is -0.180. The largest absolute Gasteiger partial charge is 0.471 e. The second-order valence-corrected chi connectivity index (χ2v) is 10.1. The second-order valence-electron chi connectivity index (χ2n) is 10.1. The van der Waals surface area contributed by atoms with E-state index in [0.29, 0.717) is 43.7 Å². The number of carbonyl (C=O) groups is 1. The molecule has 210 valence electrons. The van der Waals surface area contributed by atoms with Crippen LogP contribution in [0, 0.1) is 5.82 Å². The summed E-state index contributed by atoms with van der Waals surface area (Å²) in [6.45, 7) is 2.18. The van der Waals surface area contributed by atoms with Crippen molar-refractivity contribution in [3.63, 3.8) is 0 Å². The normalized spacial score (nSPS) is 15.0. The Balaban J connectivity index is 1.17. The average Bonchev–Trinajstić information content (AvgIpc) is 3.32. The molecule has 40 heavy (non-hydrogen) atoms. The molecule has 5 rings (SSSR count). The summed E-state index contributed by atoms with van der Waals surface area (Å²) in [5, 5.41) is 4.90. The Morgan fingerprint density at radius 1 is 0.950 bits per heavy atom. The molecule has 9 heteroatoms. The fraction of sp³-hybridized carbons (Fsp3) is 0.323. The van der Waals surface area contributed by atoms with Crippen LogP contribution < -0.4 is 5.32 Å². The van der Waals surface area contributed by atoms with Crippen LogP contribution in [0.3, 0.4) is 0 Å². The standard InChI is InChI=1S/C31H31F4N3O2/c32-28-11-10-23(19-36-30(39)31(33,34)35)18-27(28)24-13-16-38(17-14-24)40-21-25-20-37(29-9-5-4-8-26(25)29)15-12-22-6-2-1-3-7-22/h1-11,18,20,24H,12-17,19,21H2,(H,36,39). The van der Waals surface area contributed by atoms with Gasteiger partial charge in [0, 0.05) is 48.8 Å². The van der Waals surface area contributed by atoms with Crippen LogP contribution in [-0.2, 0) is 35.7 Å². The van der Waals surface area contributed by atoms with Crippen LogP contribution in [0.25, 0.3) is 10.9 Å². The number of nitrogens with one attached hydrogen (secondary N) is 1. The molecule has 0 spiro atoms. The highest BCUT2D eigenvalue weighted by Gasteiger charge is 2.38. The maximum absolute atomic E-state index is 14.6. The zero-order valence-corrected chi connectivity index (χ0v) is 22.0. The number of hydrogen-bond acceptors (Lipinski definition) is 3. The molecule has 4 aromatic rings. The number of benzene rings is 3. The van der Waals surface area contributed by atoms with Crippen LogP contribution in [0.5, 0.6) is 0 Å². The van der Waals surface area contributed by atoms with Gasteiger partial charge in [-0.25, -0.2) is 4.39 Å². The molecular weight excluding hydrogens is 522 g/mol. The van der Waals surface area contributed by atoms with Crippen molar-refractivity contribution in [1.29, 1.82) is 0 Å². The molecule has 0 unspecified atom stereocenters. The third-order valence-electron chi connectivity index (χ3n) is 7.42. The van der Waals surface area contributed by atoms with Crippen LogP contribution in [0.15, 0.2) is 79.0 Å². The van der Waals surface area contributed by atoms with Crippen LogP contribution in [-0.4, -0.2) is 34.8 Å². The van der Waals surface area contributed by atoms with Gasteiger partial charge < -0.3 is 9.88 Å². The SMILES string of the molecule is O=C(NCc1ccc(F)c(C2CCN(OCc3cn(CCc4ccccc4)c4ccccc34)CC2)c1)C(F)(F)F. The number of amides is 1. The summed E-state index contributed by atoms with van der Waals surface area (Å²) in [6.07, 6.45) is -0.576. The van der Waals surface area contributed by atoms with Crippen LogP contribution in [0.4, 0.5) is 17.6 Å². The summed E-state index contributed by atoms with van der Waals surface area (Å²) in [4.78, 5) is 17.3. The number of piperidine rings is 1. The minimum absolute atomic E-state index is 0.0852. The molecule has 5 nitrogen and oxygen atoms in total. The monoisotopic (exact) mass is 553 g/mol. The predicted octanol–water partition coefficient (Wildman–Crippen LogP) is 6.51. The summed E-state index contributed by atoms with van der Waals surface area (Å²) in [7, 11) is 0. The summed E-state index contributed by atoms with van der Waals surface area (Å²) >= 11 is 0. The maximum atomic E-state index is 14.6. The lowest BCUT2D eigenvalue weighted by Crippen LogP contribution is -2.36. The summed E-state index contributed by atoms with van der Waals surface area (Å²) in [6, 6.07) is 22.9. The predicted molar refractivity (Wildman–Crippen MR) is 145 cm³/mol. The van der Waals surface area contributed by atoms with Gasteiger partial charge in [-0.2, -0.15) is 18.2 Å². The van der Waals surface area contributed by atoms with Crippen molar-refractivity contribution < 1.29 is 27.2 Å². The van der Waals surface area contributed by atoms with Gasteiger partial charge in [0.05, 0.1) is 6.61 Å². The Kier molecular flexibility index (Phi) is 8.52. The van der Waals surface area contributed by atoms with Gasteiger partial charge in [0.2, 0.25) is 0 Å². The summed E-state index contributed by atoms with van der Waals surface area (Å²) in [5.41, 5.74) is 4.44. The van der Waals surface area contributed by atoms with Gasteiger partial charge in [-0.1, -0.05) is 60.7 Å². The molecule has 0 radical (unpaired) electrons. The van der Waals surface area contributed by atoms with Crippen molar-refractivity contribution in [2.24, 2.45) is 0 Å². The molecule has 1 aromatic heterocycles. The molecule has 3 aromatic carbocycles. The van der Waals surface area contributed by atoms with E-state index in [0.717, 1.165) is 29.4 Å². The number of aryl methyl sites for hydroxylation is 2. The van der Waals surface area contributed by atoms with E-state index in [1.165, 1.54) is 17.7 Å². The minimum atomic E-state index is -4.95. The third-order valence-corrected chi connectivity index (χ3v) is 7.42. The van der Waals surface area contributed by atoms with E-state index in [-0.39, 0.29) is 12.5 Å². The first-order valence-corrected chi connectivity index (χ1v) is 13.4. The lowest BCUT2D eigenvalue weighted by Gasteiger charge is -2.31. The Morgan fingerprint density at radius 3 is 2.42 bits per heavy atom. The van der Waals surface area contributed by atoms with Crippen LogP contribution in [0.1, 0.15) is 41.0 Å². The highest BCUT2D eigenvalue weighted by molar-refractivity contribution is 5.84. The molecule has 1 aliphatic heterocycles. The van der Waals surface area contributed by atoms with Gasteiger partial charge in [-0.05, 0) is 54.0 Å². The molecule has 1 N–H and O–H groups in total. The van der Waals surface area contributed by atoms with E-state index >= 15 is 0 Å². The van der Waals surface area contributed by atoms with E-state index in [1.54, 1.807) is 6.07 Å². The lowest BCUT2D eigenvalue weighted by atomic mass is 9.88. The average molecular weight is 554 g/mol. The molecule has 1 aliphatic rings. The van der Waals surface area contributed by atoms with Gasteiger partial charge in [0.15, 0.2) is 0 Å². The number of fused-ring (bicyclic) bond motifs is 1. The molecule has 1 amide bonds. The third kappa shape index (κ3) is 6.71. The number of hydrogen-bond donors (Lipinski definition) is 1. The summed E-state index contributed by atoms with van der Waals surface area (Å²) in [5.74, 6) is -2.49. The van der Waals surface area contributed by atoms with Crippen molar-refractivity contribution in [1.82, 2.24) is 14.9 Å². The summed E-state index contributed by atoms with van der Waals surface area (Å²) < 4.78 is 54.3. The van der Waals surface area contributed by atoms with Crippen LogP contribution >= 0.6 is 0 Å². The van der Waals surface area contributed by atoms with Gasteiger partial charge in [0.1, 0.15) is 5.82 Å². The Bertz CT molecular complexity index is 1440.